The number of carbonyl (C=O) groups excluding carboxylic acids is 1. The maximum atomic E-state index is 12.3. The summed E-state index contributed by atoms with van der Waals surface area (Å²) in [5.74, 6) is 0.994. The largest absolute Gasteiger partial charge is 0.389 e. The summed E-state index contributed by atoms with van der Waals surface area (Å²) in [5, 5.41) is 15.9. The summed E-state index contributed by atoms with van der Waals surface area (Å²) < 4.78 is 0. The van der Waals surface area contributed by atoms with Gasteiger partial charge in [0.25, 0.3) is 5.91 Å². The lowest BCUT2D eigenvalue weighted by Gasteiger charge is -2.41. The SMILES string of the molecule is CC(C)(O)CN1CCC(c2ccc3c(c2)[nH]c2c(C(N)=O)cnc(N4CCCC5(CCNC5)C4)c23)CC1. The smallest absolute Gasteiger partial charge is 0.252 e. The lowest BCUT2D eigenvalue weighted by atomic mass is 9.79. The highest BCUT2D eigenvalue weighted by Gasteiger charge is 2.39. The highest BCUT2D eigenvalue weighted by atomic mass is 16.3. The number of amides is 1. The third-order valence-electron chi connectivity index (χ3n) is 8.86. The van der Waals surface area contributed by atoms with Gasteiger partial charge in [0.15, 0.2) is 0 Å². The number of hydrogen-bond donors (Lipinski definition) is 4. The van der Waals surface area contributed by atoms with Gasteiger partial charge in [-0.1, -0.05) is 12.1 Å². The van der Waals surface area contributed by atoms with Crippen LogP contribution >= 0.6 is 0 Å². The molecule has 1 amide bonds. The van der Waals surface area contributed by atoms with E-state index in [0.717, 1.165) is 86.2 Å². The van der Waals surface area contributed by atoms with Crippen LogP contribution in [0.25, 0.3) is 21.8 Å². The van der Waals surface area contributed by atoms with Crippen molar-refractivity contribution in [2.75, 3.05) is 50.7 Å². The molecule has 1 atom stereocenters. The van der Waals surface area contributed by atoms with Crippen LogP contribution in [0.5, 0.6) is 0 Å². The number of H-pyrrole nitrogens is 1. The standard InChI is InChI=1S/C29H40N6O2/c1-28(2,37)17-34-12-6-19(7-13-34)20-4-5-21-23(14-20)33-25-22(26(30)36)15-32-27(24(21)25)35-11-3-8-29(18-35)9-10-31-16-29/h4-5,14-15,19,31,33,37H,3,6-13,16-18H2,1-2H3,(H2,30,36). The molecule has 6 rings (SSSR count). The Bertz CT molecular complexity index is 1310. The van der Waals surface area contributed by atoms with Gasteiger partial charge in [0.05, 0.1) is 22.1 Å². The molecule has 8 heteroatoms. The van der Waals surface area contributed by atoms with Gasteiger partial charge in [-0.3, -0.25) is 4.79 Å². The number of nitrogens with two attached hydrogens (primary N) is 1. The number of hydrogen-bond acceptors (Lipinski definition) is 6. The van der Waals surface area contributed by atoms with Crippen molar-refractivity contribution in [3.05, 3.63) is 35.5 Å². The molecule has 2 aromatic heterocycles. The number of β-amino-alcohol motifs (C(OH)–C–C–N with tert-alkyl or cyclic N) is 1. The molecule has 0 radical (unpaired) electrons. The zero-order chi connectivity index (χ0) is 25.8. The van der Waals surface area contributed by atoms with E-state index in [1.165, 1.54) is 18.4 Å². The minimum absolute atomic E-state index is 0.313. The molecule has 0 bridgehead atoms. The molecule has 5 N–H and O–H groups in total. The number of carbonyl (C=O) groups is 1. The number of nitrogens with zero attached hydrogens (tertiary/aromatic N) is 3. The van der Waals surface area contributed by atoms with Crippen molar-refractivity contribution in [2.24, 2.45) is 11.1 Å². The van der Waals surface area contributed by atoms with Crippen LogP contribution in [0.3, 0.4) is 0 Å². The van der Waals surface area contributed by atoms with E-state index in [2.05, 4.69) is 38.3 Å². The van der Waals surface area contributed by atoms with Crippen LogP contribution in [0.15, 0.2) is 24.4 Å². The quantitative estimate of drug-likeness (QED) is 0.424. The van der Waals surface area contributed by atoms with Gasteiger partial charge in [-0.05, 0) is 83.1 Å². The average Bonchev–Trinajstić information content (AvgIpc) is 3.47. The van der Waals surface area contributed by atoms with Gasteiger partial charge in [-0.15, -0.1) is 0 Å². The molecule has 3 fully saturated rings. The normalized spacial score (nSPS) is 24.0. The van der Waals surface area contributed by atoms with Gasteiger partial charge in [-0.2, -0.15) is 0 Å². The molecule has 3 aliphatic rings. The molecule has 1 spiro atoms. The van der Waals surface area contributed by atoms with Crippen LogP contribution in [-0.4, -0.2) is 77.3 Å². The first kappa shape index (κ1) is 24.6. The van der Waals surface area contributed by atoms with Gasteiger partial charge in [0.2, 0.25) is 0 Å². The molecule has 8 nitrogen and oxygen atoms in total. The number of likely N-dealkylation sites (tertiary alicyclic amines) is 1. The monoisotopic (exact) mass is 504 g/mol. The Labute approximate surface area is 218 Å². The number of nitrogens with one attached hydrogen (secondary N) is 2. The maximum absolute atomic E-state index is 12.3. The topological polar surface area (TPSA) is 111 Å². The van der Waals surface area contributed by atoms with E-state index in [1.807, 2.05) is 13.8 Å². The molecule has 37 heavy (non-hydrogen) atoms. The number of aromatic nitrogens is 2. The van der Waals surface area contributed by atoms with Gasteiger partial charge >= 0.3 is 0 Å². The maximum Gasteiger partial charge on any atom is 0.252 e. The summed E-state index contributed by atoms with van der Waals surface area (Å²) in [7, 11) is 0. The molecule has 0 aliphatic carbocycles. The van der Waals surface area contributed by atoms with Crippen LogP contribution in [0, 0.1) is 5.41 Å². The van der Waals surface area contributed by atoms with E-state index in [4.69, 9.17) is 10.7 Å². The summed E-state index contributed by atoms with van der Waals surface area (Å²) in [6.07, 6.45) is 7.42. The molecule has 3 aromatic rings. The van der Waals surface area contributed by atoms with Crippen molar-refractivity contribution >= 4 is 33.5 Å². The van der Waals surface area contributed by atoms with Crippen LogP contribution in [0.4, 0.5) is 5.82 Å². The molecule has 3 aliphatic heterocycles. The number of benzene rings is 1. The molecule has 198 valence electrons. The van der Waals surface area contributed by atoms with Gasteiger partial charge in [-0.25, -0.2) is 4.98 Å². The van der Waals surface area contributed by atoms with Crippen LogP contribution in [-0.2, 0) is 0 Å². The predicted octanol–water partition coefficient (Wildman–Crippen LogP) is 3.35. The first-order valence-corrected chi connectivity index (χ1v) is 13.9. The molecular formula is C29H40N6O2. The van der Waals surface area contributed by atoms with Crippen molar-refractivity contribution in [3.8, 4) is 0 Å². The van der Waals surface area contributed by atoms with E-state index in [-0.39, 0.29) is 0 Å². The molecule has 3 saturated heterocycles. The lowest BCUT2D eigenvalue weighted by Crippen LogP contribution is -2.45. The van der Waals surface area contributed by atoms with Gasteiger partial charge in [0.1, 0.15) is 5.82 Å². The molecule has 5 heterocycles. The third-order valence-corrected chi connectivity index (χ3v) is 8.86. The Morgan fingerprint density at radius 1 is 1.24 bits per heavy atom. The van der Waals surface area contributed by atoms with Crippen molar-refractivity contribution < 1.29 is 9.90 Å². The fourth-order valence-corrected chi connectivity index (χ4v) is 7.09. The van der Waals surface area contributed by atoms with Crippen molar-refractivity contribution in [3.63, 3.8) is 0 Å². The highest BCUT2D eigenvalue weighted by molar-refractivity contribution is 6.18. The van der Waals surface area contributed by atoms with E-state index in [0.29, 0.717) is 23.4 Å². The molecule has 1 unspecified atom stereocenters. The first-order chi connectivity index (χ1) is 17.7. The van der Waals surface area contributed by atoms with E-state index in [1.54, 1.807) is 6.20 Å². The molecule has 0 saturated carbocycles. The predicted molar refractivity (Wildman–Crippen MR) is 148 cm³/mol. The minimum atomic E-state index is -0.664. The zero-order valence-corrected chi connectivity index (χ0v) is 22.1. The second-order valence-corrected chi connectivity index (χ2v) is 12.4. The highest BCUT2D eigenvalue weighted by Crippen LogP contribution is 2.41. The molecule has 1 aromatic carbocycles. The zero-order valence-electron chi connectivity index (χ0n) is 22.1. The van der Waals surface area contributed by atoms with Gasteiger partial charge < -0.3 is 30.9 Å². The van der Waals surface area contributed by atoms with E-state index >= 15 is 0 Å². The number of aliphatic hydroxyl groups is 1. The third kappa shape index (κ3) is 4.71. The van der Waals surface area contributed by atoms with Crippen LogP contribution in [0.1, 0.15) is 67.8 Å². The van der Waals surface area contributed by atoms with Crippen molar-refractivity contribution in [1.82, 2.24) is 20.2 Å². The molecular weight excluding hydrogens is 464 g/mol. The van der Waals surface area contributed by atoms with Crippen molar-refractivity contribution in [1.29, 1.82) is 0 Å². The number of piperidine rings is 2. The Kier molecular flexibility index (Phi) is 6.17. The Morgan fingerprint density at radius 2 is 2.05 bits per heavy atom. The summed E-state index contributed by atoms with van der Waals surface area (Å²) in [6, 6.07) is 6.73. The number of primary amides is 1. The van der Waals surface area contributed by atoms with E-state index in [9.17, 15) is 9.90 Å². The lowest BCUT2D eigenvalue weighted by molar-refractivity contribution is 0.0282. The Morgan fingerprint density at radius 3 is 2.76 bits per heavy atom. The average molecular weight is 505 g/mol. The van der Waals surface area contributed by atoms with Crippen LogP contribution in [0.2, 0.25) is 0 Å². The Balaban J connectivity index is 1.34. The second-order valence-electron chi connectivity index (χ2n) is 12.4. The number of aromatic amines is 1. The minimum Gasteiger partial charge on any atom is -0.389 e. The summed E-state index contributed by atoms with van der Waals surface area (Å²) >= 11 is 0. The number of rotatable bonds is 5. The van der Waals surface area contributed by atoms with E-state index < -0.39 is 11.5 Å². The fraction of sp³-hybridized carbons (Fsp3) is 0.586. The fourth-order valence-electron chi connectivity index (χ4n) is 7.09. The number of fused-ring (bicyclic) bond motifs is 3. The summed E-state index contributed by atoms with van der Waals surface area (Å²) in [5.41, 5.74) is 9.05. The summed E-state index contributed by atoms with van der Waals surface area (Å²) in [4.78, 5) is 25.5. The second kappa shape index (κ2) is 9.26. The Hall–Kier alpha value is -2.68. The number of anilines is 1. The van der Waals surface area contributed by atoms with Gasteiger partial charge in [0, 0.05) is 48.7 Å². The number of pyridine rings is 1. The van der Waals surface area contributed by atoms with Crippen molar-refractivity contribution in [2.45, 2.75) is 57.5 Å². The van der Waals surface area contributed by atoms with Crippen LogP contribution < -0.4 is 16.0 Å². The first-order valence-electron chi connectivity index (χ1n) is 13.9. The summed E-state index contributed by atoms with van der Waals surface area (Å²) in [6.45, 7) is 10.6.